The Hall–Kier alpha value is -7.68. The molecule has 0 aliphatic carbocycles. The normalized spacial score (nSPS) is 23.6. The maximum atomic E-state index is 14.8. The number of thioether (sulfide) groups is 3. The smallest absolute Gasteiger partial charge is 0.323 e. The number of aliphatic carboxylic acids is 4. The Morgan fingerprint density at radius 3 is 1.76 bits per heavy atom. The maximum absolute atomic E-state index is 14.8. The highest BCUT2D eigenvalue weighted by Gasteiger charge is 2.45. The standard InChI is InChI=1S/C70H106N14O19S3/c1-4-5-7-16-57(87)73-53-44-106-42-49-32-47(40-104-30-19-72-58(88)35-79-22-24-80(37-60(91)92)26-28-82(39-62(95)96)29-27-81(25-23-79)38-61(93)94)31-48(33-49)41-105-43-52(68(101)78(3)36-59(89)90)76-65(98)51(34-46-12-8-6-9-13-46)75-64(97)50(17-18-56(71)86)74-67(100)63(45(2)85)77-66(99)54-14-10-20-83(54)70(103)55-15-11-21-84(55)69(53)102/h6,8-9,12-13,31-33,45,50-55,63,69,85,102H,4-5,7,10-11,14-30,34-44H2,1-3H3,(H2,71,86)(H,72,88)(H,73,87)(H,74,100)(H,75,97)(H,76,98)(H,77,99)(H,89,90)(H,91,92)(H,93,94)(H,95,96)/t45-,50+,51+,52+,53+,54+,55+,63+,69?/m1/s1. The number of aliphatic hydroxyl groups excluding tert-OH is 2. The number of fused-ring (bicyclic) bond motifs is 4. The predicted octanol–water partition coefficient (Wildman–Crippen LogP) is -1.80. The van der Waals surface area contributed by atoms with Crippen molar-refractivity contribution < 1.29 is 93.0 Å². The van der Waals surface area contributed by atoms with Crippen molar-refractivity contribution in [3.05, 3.63) is 70.8 Å². The molecule has 2 aromatic carbocycles. The highest BCUT2D eigenvalue weighted by atomic mass is 32.2. The molecule has 4 aliphatic rings. The van der Waals surface area contributed by atoms with Gasteiger partial charge < -0.3 is 78.1 Å². The van der Waals surface area contributed by atoms with E-state index >= 15 is 0 Å². The van der Waals surface area contributed by atoms with E-state index in [-0.39, 0.29) is 147 Å². The predicted molar refractivity (Wildman–Crippen MR) is 396 cm³/mol. The molecular formula is C70H106N14O19S3. The van der Waals surface area contributed by atoms with Crippen LogP contribution in [0.4, 0.5) is 0 Å². The van der Waals surface area contributed by atoms with Crippen LogP contribution >= 0.6 is 35.3 Å². The SMILES string of the molecule is CCCCCC(=O)N[C@H]1CSCc2cc(CSCCNC(=O)CN3CCN(CC(=O)O)CCN(CC(=O)O)CCN(CC(=O)O)CC3)cc(c2)CSC[C@@H](C(=O)N(C)CC(=O)O)NC(=O)[C@H](Cc2ccccc2)NC(=O)[C@H](CCC(N)=O)NC(=O)[C@H]([C@@H](C)O)NC(=O)[C@@H]2CCCN2C(=O)[C@@H]2CCCN2C1O. The highest BCUT2D eigenvalue weighted by Crippen LogP contribution is 2.30. The summed E-state index contributed by atoms with van der Waals surface area (Å²) < 4.78 is 0. The van der Waals surface area contributed by atoms with Gasteiger partial charge in [-0.3, -0.25) is 86.8 Å². The summed E-state index contributed by atoms with van der Waals surface area (Å²) in [4.78, 5) is 185. The third kappa shape index (κ3) is 30.2. The Kier molecular flexibility index (Phi) is 37.2. The molecule has 6 rings (SSSR count). The molecule has 9 atom stereocenters. The fourth-order valence-corrected chi connectivity index (χ4v) is 15.9. The van der Waals surface area contributed by atoms with Crippen molar-refractivity contribution >= 4 is 112 Å². The second-order valence-corrected chi connectivity index (χ2v) is 30.4. The molecule has 0 radical (unpaired) electrons. The molecule has 14 N–H and O–H groups in total. The number of primary amides is 1. The lowest BCUT2D eigenvalue weighted by molar-refractivity contribution is -0.146. The summed E-state index contributed by atoms with van der Waals surface area (Å²) in [6.45, 7) is 3.94. The maximum Gasteiger partial charge on any atom is 0.323 e. The molecule has 0 aromatic heterocycles. The minimum Gasteiger partial charge on any atom is -0.480 e. The van der Waals surface area contributed by atoms with Gasteiger partial charge in [0.1, 0.15) is 43.0 Å². The first-order valence-electron chi connectivity index (χ1n) is 36.0. The van der Waals surface area contributed by atoms with E-state index < -0.39 is 139 Å². The second-order valence-electron chi connectivity index (χ2n) is 27.2. The van der Waals surface area contributed by atoms with Crippen molar-refractivity contribution in [1.82, 2.24) is 66.2 Å². The van der Waals surface area contributed by atoms with Crippen molar-refractivity contribution in [2.24, 2.45) is 5.73 Å². The number of carbonyl (C=O) groups excluding carboxylic acids is 9. The Morgan fingerprint density at radius 1 is 0.642 bits per heavy atom. The molecule has 9 amide bonds. The number of likely N-dealkylation sites (N-methyl/N-ethyl adjacent to an activating group) is 1. The molecule has 3 saturated heterocycles. The number of amides is 9. The lowest BCUT2D eigenvalue weighted by Gasteiger charge is -2.37. The molecule has 1 unspecified atom stereocenters. The van der Waals surface area contributed by atoms with Crippen molar-refractivity contribution in [3.8, 4) is 0 Å². The van der Waals surface area contributed by atoms with Crippen LogP contribution in [0.25, 0.3) is 0 Å². The number of carbonyl (C=O) groups is 13. The van der Waals surface area contributed by atoms with Crippen LogP contribution in [0, 0.1) is 0 Å². The first kappa shape index (κ1) is 87.2. The molecule has 106 heavy (non-hydrogen) atoms. The minimum atomic E-state index is -1.73. The van der Waals surface area contributed by atoms with Crippen molar-refractivity contribution in [2.45, 2.75) is 156 Å². The summed E-state index contributed by atoms with van der Waals surface area (Å²) in [5.41, 5.74) is 8.55. The number of unbranched alkanes of at least 4 members (excludes halogenated alkanes) is 2. The van der Waals surface area contributed by atoms with Crippen LogP contribution in [0.3, 0.4) is 0 Å². The van der Waals surface area contributed by atoms with E-state index in [9.17, 15) is 93.0 Å². The van der Waals surface area contributed by atoms with Crippen molar-refractivity contribution in [2.75, 3.05) is 129 Å². The number of benzene rings is 2. The summed E-state index contributed by atoms with van der Waals surface area (Å²) in [5.74, 6) is -9.53. The quantitative estimate of drug-likeness (QED) is 0.0439. The van der Waals surface area contributed by atoms with Crippen LogP contribution < -0.4 is 37.6 Å². The molecule has 4 aliphatic heterocycles. The topological polar surface area (TPSA) is 464 Å². The third-order valence-corrected chi connectivity index (χ3v) is 21.8. The van der Waals surface area contributed by atoms with E-state index in [0.717, 1.165) is 34.4 Å². The van der Waals surface area contributed by atoms with Crippen molar-refractivity contribution in [3.63, 3.8) is 0 Å². The van der Waals surface area contributed by atoms with E-state index in [4.69, 9.17) is 5.73 Å². The zero-order valence-corrected chi connectivity index (χ0v) is 63.0. The first-order chi connectivity index (χ1) is 50.6. The van der Waals surface area contributed by atoms with Gasteiger partial charge in [-0.05, 0) is 67.7 Å². The van der Waals surface area contributed by atoms with Gasteiger partial charge in [-0.25, -0.2) is 0 Å². The van der Waals surface area contributed by atoms with Gasteiger partial charge in [0.15, 0.2) is 0 Å². The molecule has 33 nitrogen and oxygen atoms in total. The number of carboxylic acids is 4. The fraction of sp³-hybridized carbons (Fsp3) is 0.643. The summed E-state index contributed by atoms with van der Waals surface area (Å²) in [5, 5.41) is 78.8. The van der Waals surface area contributed by atoms with Crippen molar-refractivity contribution in [1.29, 1.82) is 0 Å². The van der Waals surface area contributed by atoms with E-state index in [1.165, 1.54) is 54.2 Å². The van der Waals surface area contributed by atoms with Crippen LogP contribution in [0.1, 0.15) is 100 Å². The van der Waals surface area contributed by atoms with Gasteiger partial charge in [-0.15, -0.1) is 0 Å². The summed E-state index contributed by atoms with van der Waals surface area (Å²) in [6, 6.07) is 5.22. The van der Waals surface area contributed by atoms with E-state index in [0.29, 0.717) is 48.5 Å². The molecule has 0 spiro atoms. The van der Waals surface area contributed by atoms with Crippen LogP contribution in [0.15, 0.2) is 48.5 Å². The van der Waals surface area contributed by atoms with Crippen LogP contribution in [-0.4, -0.2) is 326 Å². The monoisotopic (exact) mass is 1540 g/mol. The number of hydrogen-bond acceptors (Lipinski definition) is 23. The highest BCUT2D eigenvalue weighted by molar-refractivity contribution is 7.99. The Bertz CT molecular complexity index is 3280. The van der Waals surface area contributed by atoms with Crippen LogP contribution in [0.2, 0.25) is 0 Å². The Balaban J connectivity index is 1.31. The summed E-state index contributed by atoms with van der Waals surface area (Å²) in [6.07, 6.45) is -0.207. The molecule has 4 heterocycles. The number of nitrogens with one attached hydrogen (secondary N) is 6. The van der Waals surface area contributed by atoms with Crippen LogP contribution in [-0.2, 0) is 86.0 Å². The van der Waals surface area contributed by atoms with E-state index in [2.05, 4.69) is 31.9 Å². The van der Waals surface area contributed by atoms with E-state index in [1.807, 2.05) is 30.0 Å². The lowest BCUT2D eigenvalue weighted by Crippen LogP contribution is -2.62. The van der Waals surface area contributed by atoms with Gasteiger partial charge in [0.05, 0.1) is 44.4 Å². The van der Waals surface area contributed by atoms with Gasteiger partial charge >= 0.3 is 23.9 Å². The number of aliphatic hydroxyl groups is 2. The second kappa shape index (κ2) is 45.2. The lowest BCUT2D eigenvalue weighted by atomic mass is 10.0. The zero-order chi connectivity index (χ0) is 77.4. The summed E-state index contributed by atoms with van der Waals surface area (Å²) in [7, 11) is 1.26. The summed E-state index contributed by atoms with van der Waals surface area (Å²) >= 11 is 4.17. The number of rotatable bonds is 27. The molecule has 2 bridgehead atoms. The average Bonchev–Trinajstić information content (AvgIpc) is 1.63. The molecule has 2 aromatic rings. The number of carboxylic acid groups (broad SMARTS) is 4. The van der Waals surface area contributed by atoms with Gasteiger partial charge in [0, 0.05) is 133 Å². The van der Waals surface area contributed by atoms with Gasteiger partial charge in [0.25, 0.3) is 0 Å². The third-order valence-electron chi connectivity index (χ3n) is 18.6. The Labute approximate surface area is 630 Å². The molecule has 36 heteroatoms. The van der Waals surface area contributed by atoms with Gasteiger partial charge in [-0.1, -0.05) is 68.3 Å². The molecule has 3 fully saturated rings. The molecule has 588 valence electrons. The van der Waals surface area contributed by atoms with Gasteiger partial charge in [-0.2, -0.15) is 35.3 Å². The first-order valence-corrected chi connectivity index (χ1v) is 39.4. The van der Waals surface area contributed by atoms with Gasteiger partial charge in [0.2, 0.25) is 53.2 Å². The van der Waals surface area contributed by atoms with Crippen LogP contribution in [0.5, 0.6) is 0 Å². The minimum absolute atomic E-state index is 0.0843. The fourth-order valence-electron chi connectivity index (χ4n) is 13.1. The molecule has 0 saturated carbocycles. The Morgan fingerprint density at radius 2 is 1.20 bits per heavy atom. The number of nitrogens with two attached hydrogens (primary N) is 1. The average molecular weight is 1540 g/mol. The number of nitrogens with zero attached hydrogens (tertiary/aromatic N) is 7. The van der Waals surface area contributed by atoms with E-state index in [1.54, 1.807) is 49.9 Å². The zero-order valence-electron chi connectivity index (χ0n) is 60.6. The largest absolute Gasteiger partial charge is 0.480 e. The number of hydrogen-bond donors (Lipinski definition) is 13. The molecular weight excluding hydrogens is 1440 g/mol.